The molecule has 0 saturated carbocycles. The Bertz CT molecular complexity index is 1230. The fourth-order valence-corrected chi connectivity index (χ4v) is 4.47. The van der Waals surface area contributed by atoms with Crippen molar-refractivity contribution in [3.63, 3.8) is 0 Å². The van der Waals surface area contributed by atoms with E-state index in [4.69, 9.17) is 16.3 Å². The number of ether oxygens (including phenoxy) is 1. The van der Waals surface area contributed by atoms with Gasteiger partial charge in [-0.2, -0.15) is 0 Å². The first kappa shape index (κ1) is 26.4. The molecule has 1 aliphatic rings. The van der Waals surface area contributed by atoms with E-state index in [9.17, 15) is 14.4 Å². The van der Waals surface area contributed by atoms with E-state index in [1.807, 2.05) is 59.6 Å². The smallest absolute Gasteiger partial charge is 0.429 e. The average Bonchev–Trinajstić information content (AvgIpc) is 2.93. The zero-order valence-corrected chi connectivity index (χ0v) is 21.3. The summed E-state index contributed by atoms with van der Waals surface area (Å²) >= 11 is 5.52. The lowest BCUT2D eigenvalue weighted by atomic mass is 10.0. The van der Waals surface area contributed by atoms with Crippen LogP contribution in [0.5, 0.6) is 0 Å². The first-order valence-electron chi connectivity index (χ1n) is 12.4. The van der Waals surface area contributed by atoms with Gasteiger partial charge in [0.15, 0.2) is 0 Å². The molecule has 1 saturated heterocycles. The van der Waals surface area contributed by atoms with Crippen LogP contribution in [-0.2, 0) is 16.1 Å². The fourth-order valence-electron chi connectivity index (χ4n) is 4.35. The zero-order valence-electron chi connectivity index (χ0n) is 20.6. The van der Waals surface area contributed by atoms with Crippen molar-refractivity contribution < 1.29 is 19.1 Å². The molecule has 1 fully saturated rings. The number of hydrogen-bond acceptors (Lipinski definition) is 5. The van der Waals surface area contributed by atoms with Gasteiger partial charge >= 0.3 is 6.09 Å². The number of hydrogen-bond donors (Lipinski definition) is 1. The minimum atomic E-state index is -0.549. The van der Waals surface area contributed by atoms with Gasteiger partial charge in [-0.15, -0.1) is 0 Å². The molecule has 8 heteroatoms. The van der Waals surface area contributed by atoms with E-state index in [0.717, 1.165) is 54.7 Å². The van der Waals surface area contributed by atoms with Gasteiger partial charge in [0.2, 0.25) is 5.91 Å². The van der Waals surface area contributed by atoms with E-state index in [0.29, 0.717) is 5.56 Å². The van der Waals surface area contributed by atoms with Gasteiger partial charge in [-0.05, 0) is 47.7 Å². The van der Waals surface area contributed by atoms with Gasteiger partial charge in [0.25, 0.3) is 5.24 Å². The minimum absolute atomic E-state index is 0.0219. The van der Waals surface area contributed by atoms with E-state index < -0.39 is 11.3 Å². The van der Waals surface area contributed by atoms with Gasteiger partial charge in [-0.3, -0.25) is 9.59 Å². The van der Waals surface area contributed by atoms with Crippen LogP contribution in [0.1, 0.15) is 41.6 Å². The largest absolute Gasteiger partial charge is 0.448 e. The highest BCUT2D eigenvalue weighted by atomic mass is 35.5. The monoisotopic (exact) mass is 519 g/mol. The Kier molecular flexibility index (Phi) is 9.29. The molecule has 0 aliphatic carbocycles. The number of anilines is 1. The predicted octanol–water partition coefficient (Wildman–Crippen LogP) is 5.78. The van der Waals surface area contributed by atoms with Crippen molar-refractivity contribution in [1.29, 1.82) is 0 Å². The van der Waals surface area contributed by atoms with Crippen LogP contribution in [0.25, 0.3) is 11.1 Å². The van der Waals surface area contributed by atoms with Crippen LogP contribution in [-0.4, -0.2) is 41.9 Å². The first-order valence-corrected chi connectivity index (χ1v) is 12.8. The first-order chi connectivity index (χ1) is 18.0. The third-order valence-electron chi connectivity index (χ3n) is 6.20. The van der Waals surface area contributed by atoms with Crippen LogP contribution in [0, 0.1) is 0 Å². The molecule has 7 nitrogen and oxygen atoms in total. The van der Waals surface area contributed by atoms with Crippen molar-refractivity contribution in [2.45, 2.75) is 32.2 Å². The van der Waals surface area contributed by atoms with Gasteiger partial charge in [0.05, 0.1) is 12.1 Å². The number of halogens is 1. The minimum Gasteiger partial charge on any atom is -0.448 e. The predicted molar refractivity (Wildman–Crippen MR) is 144 cm³/mol. The summed E-state index contributed by atoms with van der Waals surface area (Å²) in [4.78, 5) is 37.1. The van der Waals surface area contributed by atoms with Crippen LogP contribution < -0.4 is 10.3 Å². The summed E-state index contributed by atoms with van der Waals surface area (Å²) in [6, 6.07) is 24.5. The zero-order chi connectivity index (χ0) is 26.0. The standard InChI is InChI=1S/C29H30ClN3O4/c30-28(35)24-13-9-10-22(20-24)21-31-27(34)16-19-37-29(36)33(32-17-7-2-8-18-32)26-15-6-5-14-25(26)23-11-3-1-4-12-23/h1,3-6,9-15,20H,2,7-8,16-19,21H2,(H,31,34). The number of carbonyl (C=O) groups excluding carboxylic acids is 3. The molecule has 37 heavy (non-hydrogen) atoms. The molecule has 0 aromatic heterocycles. The number of rotatable bonds is 9. The molecule has 1 N–H and O–H groups in total. The summed E-state index contributed by atoms with van der Waals surface area (Å²) in [7, 11) is 0. The lowest BCUT2D eigenvalue weighted by molar-refractivity contribution is -0.121. The second kappa shape index (κ2) is 13.0. The maximum Gasteiger partial charge on any atom is 0.429 e. The van der Waals surface area contributed by atoms with Crippen LogP contribution in [0.15, 0.2) is 78.9 Å². The van der Waals surface area contributed by atoms with Crippen LogP contribution >= 0.6 is 11.6 Å². The second-order valence-corrected chi connectivity index (χ2v) is 9.17. The molecule has 192 valence electrons. The molecule has 0 atom stereocenters. The number of nitrogens with zero attached hydrogens (tertiary/aromatic N) is 2. The van der Waals surface area contributed by atoms with Gasteiger partial charge in [0, 0.05) is 30.8 Å². The number of benzene rings is 3. The quantitative estimate of drug-likeness (QED) is 0.362. The SMILES string of the molecule is O=C(CCOC(=O)N(c1ccccc1-c1ccccc1)N1CCCCC1)NCc1cccc(C(=O)Cl)c1. The number of amides is 2. The third-order valence-corrected chi connectivity index (χ3v) is 6.42. The Hall–Kier alpha value is -3.68. The molecule has 0 radical (unpaired) electrons. The summed E-state index contributed by atoms with van der Waals surface area (Å²) in [5.74, 6) is -0.260. The van der Waals surface area contributed by atoms with Crippen LogP contribution in [0.4, 0.5) is 10.5 Å². The van der Waals surface area contributed by atoms with Crippen molar-refractivity contribution in [2.75, 3.05) is 24.7 Å². The molecule has 3 aromatic rings. The third kappa shape index (κ3) is 7.18. The molecule has 2 amide bonds. The summed E-state index contributed by atoms with van der Waals surface area (Å²) in [5, 5.41) is 5.88. The van der Waals surface area contributed by atoms with Crippen LogP contribution in [0.2, 0.25) is 0 Å². The number of nitrogens with one attached hydrogen (secondary N) is 1. The fraction of sp³-hybridized carbons (Fsp3) is 0.276. The Morgan fingerprint density at radius 1 is 0.892 bits per heavy atom. The number of para-hydroxylation sites is 1. The molecular formula is C29H30ClN3O4. The highest BCUT2D eigenvalue weighted by molar-refractivity contribution is 6.67. The molecule has 3 aromatic carbocycles. The van der Waals surface area contributed by atoms with Gasteiger partial charge in [-0.25, -0.2) is 14.8 Å². The summed E-state index contributed by atoms with van der Waals surface area (Å²) in [6.07, 6.45) is 2.63. The molecular weight excluding hydrogens is 490 g/mol. The van der Waals surface area contributed by atoms with E-state index in [-0.39, 0.29) is 25.5 Å². The van der Waals surface area contributed by atoms with E-state index in [1.165, 1.54) is 0 Å². The van der Waals surface area contributed by atoms with Crippen molar-refractivity contribution in [2.24, 2.45) is 0 Å². The topological polar surface area (TPSA) is 79.0 Å². The molecule has 0 bridgehead atoms. The van der Waals surface area contributed by atoms with Gasteiger partial charge in [-0.1, -0.05) is 73.2 Å². The maximum absolute atomic E-state index is 13.4. The van der Waals surface area contributed by atoms with E-state index in [1.54, 1.807) is 29.3 Å². The maximum atomic E-state index is 13.4. The lowest BCUT2D eigenvalue weighted by Gasteiger charge is -2.37. The Morgan fingerprint density at radius 3 is 2.38 bits per heavy atom. The Balaban J connectivity index is 1.40. The number of piperidine rings is 1. The van der Waals surface area contributed by atoms with Gasteiger partial charge < -0.3 is 10.1 Å². The van der Waals surface area contributed by atoms with Crippen molar-refractivity contribution in [1.82, 2.24) is 10.3 Å². The molecule has 1 aliphatic heterocycles. The highest BCUT2D eigenvalue weighted by Crippen LogP contribution is 2.33. The molecule has 0 unspecified atom stereocenters. The summed E-state index contributed by atoms with van der Waals surface area (Å²) in [6.45, 7) is 1.70. The van der Waals surface area contributed by atoms with E-state index in [2.05, 4.69) is 5.32 Å². The Labute approximate surface area is 221 Å². The Morgan fingerprint density at radius 2 is 1.62 bits per heavy atom. The summed E-state index contributed by atoms with van der Waals surface area (Å²) in [5.41, 5.74) is 3.81. The average molecular weight is 520 g/mol. The number of hydrazine groups is 1. The lowest BCUT2D eigenvalue weighted by Crippen LogP contribution is -2.49. The number of carbonyl (C=O) groups is 3. The van der Waals surface area contributed by atoms with E-state index >= 15 is 0 Å². The van der Waals surface area contributed by atoms with Crippen molar-refractivity contribution in [3.8, 4) is 11.1 Å². The van der Waals surface area contributed by atoms with Crippen LogP contribution in [0.3, 0.4) is 0 Å². The normalized spacial score (nSPS) is 13.5. The second-order valence-electron chi connectivity index (χ2n) is 8.82. The van der Waals surface area contributed by atoms with Gasteiger partial charge in [0.1, 0.15) is 6.61 Å². The molecule has 1 heterocycles. The van der Waals surface area contributed by atoms with Crippen molar-refractivity contribution >= 4 is 34.5 Å². The summed E-state index contributed by atoms with van der Waals surface area (Å²) < 4.78 is 5.60. The molecule has 0 spiro atoms. The van der Waals surface area contributed by atoms with Crippen molar-refractivity contribution in [3.05, 3.63) is 90.0 Å². The molecule has 4 rings (SSSR count). The highest BCUT2D eigenvalue weighted by Gasteiger charge is 2.28.